The number of hydrogen-bond acceptors (Lipinski definition) is 1. The highest BCUT2D eigenvalue weighted by molar-refractivity contribution is 9.10. The standard InChI is InChI=1S/C16H14BrClFNO/c1-10(7-11-3-2-4-13(18)8-11)20-16(21)12-5-6-14(17)15(19)9-12/h2-6,8-10H,7H2,1H3,(H,20,21). The molecule has 0 aliphatic carbocycles. The van der Waals surface area contributed by atoms with E-state index in [1.54, 1.807) is 12.1 Å². The lowest BCUT2D eigenvalue weighted by Gasteiger charge is -2.14. The zero-order chi connectivity index (χ0) is 15.4. The summed E-state index contributed by atoms with van der Waals surface area (Å²) in [6.07, 6.45) is 0.658. The van der Waals surface area contributed by atoms with Gasteiger partial charge in [0.15, 0.2) is 0 Å². The van der Waals surface area contributed by atoms with E-state index in [0.717, 1.165) is 5.56 Å². The molecule has 0 heterocycles. The summed E-state index contributed by atoms with van der Waals surface area (Å²) < 4.78 is 13.8. The Morgan fingerprint density at radius 3 is 2.76 bits per heavy atom. The third-order valence-electron chi connectivity index (χ3n) is 2.99. The van der Waals surface area contributed by atoms with Crippen LogP contribution in [0, 0.1) is 5.82 Å². The molecule has 2 aromatic rings. The van der Waals surface area contributed by atoms with Crippen molar-refractivity contribution in [1.29, 1.82) is 0 Å². The number of rotatable bonds is 4. The van der Waals surface area contributed by atoms with Crippen molar-refractivity contribution >= 4 is 33.4 Å². The van der Waals surface area contributed by atoms with E-state index in [1.807, 2.05) is 25.1 Å². The van der Waals surface area contributed by atoms with Crippen molar-refractivity contribution in [2.24, 2.45) is 0 Å². The molecule has 0 radical (unpaired) electrons. The quantitative estimate of drug-likeness (QED) is 0.837. The van der Waals surface area contributed by atoms with Gasteiger partial charge in [-0.1, -0.05) is 23.7 Å². The van der Waals surface area contributed by atoms with Gasteiger partial charge < -0.3 is 5.32 Å². The monoisotopic (exact) mass is 369 g/mol. The molecule has 0 saturated carbocycles. The van der Waals surface area contributed by atoms with E-state index in [0.29, 0.717) is 21.5 Å². The molecular weight excluding hydrogens is 357 g/mol. The molecule has 0 spiro atoms. The number of carbonyl (C=O) groups excluding carboxylic acids is 1. The molecule has 21 heavy (non-hydrogen) atoms. The van der Waals surface area contributed by atoms with Gasteiger partial charge in [0.1, 0.15) is 5.82 Å². The molecule has 2 nitrogen and oxygen atoms in total. The second-order valence-electron chi connectivity index (χ2n) is 4.84. The molecule has 2 rings (SSSR count). The molecule has 0 aliphatic rings. The minimum Gasteiger partial charge on any atom is -0.349 e. The molecule has 0 fully saturated rings. The third kappa shape index (κ3) is 4.55. The van der Waals surface area contributed by atoms with Crippen molar-refractivity contribution in [3.05, 3.63) is 68.9 Å². The molecule has 1 amide bonds. The summed E-state index contributed by atoms with van der Waals surface area (Å²) in [5.74, 6) is -0.749. The van der Waals surface area contributed by atoms with Gasteiger partial charge >= 0.3 is 0 Å². The van der Waals surface area contributed by atoms with Crippen molar-refractivity contribution in [3.8, 4) is 0 Å². The van der Waals surface area contributed by atoms with Gasteiger partial charge in [0.05, 0.1) is 4.47 Å². The Morgan fingerprint density at radius 1 is 1.33 bits per heavy atom. The van der Waals surface area contributed by atoms with Gasteiger partial charge in [-0.05, 0) is 65.2 Å². The lowest BCUT2D eigenvalue weighted by Crippen LogP contribution is -2.34. The first-order valence-corrected chi connectivity index (χ1v) is 7.63. The van der Waals surface area contributed by atoms with E-state index in [9.17, 15) is 9.18 Å². The fourth-order valence-corrected chi connectivity index (χ4v) is 2.47. The number of carbonyl (C=O) groups is 1. The van der Waals surface area contributed by atoms with Crippen LogP contribution in [0.4, 0.5) is 4.39 Å². The molecule has 2 aromatic carbocycles. The smallest absolute Gasteiger partial charge is 0.251 e. The normalized spacial score (nSPS) is 12.0. The van der Waals surface area contributed by atoms with Crippen LogP contribution in [0.15, 0.2) is 46.9 Å². The fraction of sp³-hybridized carbons (Fsp3) is 0.188. The van der Waals surface area contributed by atoms with Crippen LogP contribution >= 0.6 is 27.5 Å². The molecular formula is C16H14BrClFNO. The highest BCUT2D eigenvalue weighted by atomic mass is 79.9. The van der Waals surface area contributed by atoms with Gasteiger partial charge in [0.25, 0.3) is 5.91 Å². The van der Waals surface area contributed by atoms with Crippen LogP contribution in [0.25, 0.3) is 0 Å². The molecule has 0 bridgehead atoms. The Hall–Kier alpha value is -1.39. The molecule has 1 N–H and O–H groups in total. The fourth-order valence-electron chi connectivity index (χ4n) is 2.01. The average molecular weight is 371 g/mol. The average Bonchev–Trinajstić information content (AvgIpc) is 2.41. The third-order valence-corrected chi connectivity index (χ3v) is 3.87. The van der Waals surface area contributed by atoms with Crippen LogP contribution < -0.4 is 5.32 Å². The van der Waals surface area contributed by atoms with Crippen molar-refractivity contribution in [2.45, 2.75) is 19.4 Å². The molecule has 110 valence electrons. The van der Waals surface area contributed by atoms with E-state index in [-0.39, 0.29) is 11.9 Å². The van der Waals surface area contributed by atoms with Crippen molar-refractivity contribution in [1.82, 2.24) is 5.32 Å². The van der Waals surface area contributed by atoms with Crippen molar-refractivity contribution in [3.63, 3.8) is 0 Å². The molecule has 0 saturated heterocycles. The first-order chi connectivity index (χ1) is 9.95. The van der Waals surface area contributed by atoms with E-state index >= 15 is 0 Å². The van der Waals surface area contributed by atoms with Crippen molar-refractivity contribution < 1.29 is 9.18 Å². The first kappa shape index (κ1) is 16.0. The van der Waals surface area contributed by atoms with Crippen LogP contribution in [-0.2, 0) is 6.42 Å². The summed E-state index contributed by atoms with van der Waals surface area (Å²) in [6.45, 7) is 1.90. The van der Waals surface area contributed by atoms with Crippen LogP contribution in [0.2, 0.25) is 5.02 Å². The Morgan fingerprint density at radius 2 is 2.10 bits per heavy atom. The second-order valence-corrected chi connectivity index (χ2v) is 6.13. The molecule has 1 atom stereocenters. The van der Waals surface area contributed by atoms with Crippen LogP contribution in [0.5, 0.6) is 0 Å². The maximum absolute atomic E-state index is 13.4. The molecule has 1 unspecified atom stereocenters. The maximum Gasteiger partial charge on any atom is 0.251 e. The molecule has 0 aromatic heterocycles. The summed E-state index contributed by atoms with van der Waals surface area (Å²) in [7, 11) is 0. The second kappa shape index (κ2) is 7.05. The summed E-state index contributed by atoms with van der Waals surface area (Å²) in [5.41, 5.74) is 1.34. The summed E-state index contributed by atoms with van der Waals surface area (Å²) in [6, 6.07) is 11.7. The number of amides is 1. The van der Waals surface area contributed by atoms with Gasteiger partial charge in [-0.2, -0.15) is 0 Å². The molecule has 0 aliphatic heterocycles. The lowest BCUT2D eigenvalue weighted by molar-refractivity contribution is 0.0939. The van der Waals surface area contributed by atoms with Gasteiger partial charge in [-0.3, -0.25) is 4.79 Å². The summed E-state index contributed by atoms with van der Waals surface area (Å²) >= 11 is 8.99. The first-order valence-electron chi connectivity index (χ1n) is 6.46. The largest absolute Gasteiger partial charge is 0.349 e. The van der Waals surface area contributed by atoms with Crippen molar-refractivity contribution in [2.75, 3.05) is 0 Å². The zero-order valence-corrected chi connectivity index (χ0v) is 13.7. The maximum atomic E-state index is 13.4. The van der Waals surface area contributed by atoms with E-state index in [1.165, 1.54) is 12.1 Å². The minimum atomic E-state index is -0.454. The van der Waals surface area contributed by atoms with Crippen LogP contribution in [0.3, 0.4) is 0 Å². The highest BCUT2D eigenvalue weighted by Gasteiger charge is 2.12. The van der Waals surface area contributed by atoms with E-state index in [4.69, 9.17) is 11.6 Å². The highest BCUT2D eigenvalue weighted by Crippen LogP contribution is 2.17. The SMILES string of the molecule is CC(Cc1cccc(Cl)c1)NC(=O)c1ccc(Br)c(F)c1. The van der Waals surface area contributed by atoms with Gasteiger partial charge in [0.2, 0.25) is 0 Å². The van der Waals surface area contributed by atoms with Gasteiger partial charge in [0, 0.05) is 16.6 Å². The predicted molar refractivity (Wildman–Crippen MR) is 86.2 cm³/mol. The van der Waals surface area contributed by atoms with E-state index in [2.05, 4.69) is 21.2 Å². The topological polar surface area (TPSA) is 29.1 Å². The number of halogens is 3. The predicted octanol–water partition coefficient (Wildman–Crippen LogP) is 4.60. The Balaban J connectivity index is 2.00. The number of hydrogen-bond donors (Lipinski definition) is 1. The van der Waals surface area contributed by atoms with Gasteiger partial charge in [-0.15, -0.1) is 0 Å². The zero-order valence-electron chi connectivity index (χ0n) is 11.4. The molecule has 5 heteroatoms. The summed E-state index contributed by atoms with van der Waals surface area (Å²) in [4.78, 5) is 12.1. The van der Waals surface area contributed by atoms with E-state index < -0.39 is 5.82 Å². The van der Waals surface area contributed by atoms with Crippen LogP contribution in [-0.4, -0.2) is 11.9 Å². The van der Waals surface area contributed by atoms with Crippen LogP contribution in [0.1, 0.15) is 22.8 Å². The lowest BCUT2D eigenvalue weighted by atomic mass is 10.1. The Labute approximate surface area is 136 Å². The summed E-state index contributed by atoms with van der Waals surface area (Å²) in [5, 5.41) is 3.51. The minimum absolute atomic E-state index is 0.0809. The number of nitrogens with one attached hydrogen (secondary N) is 1. The van der Waals surface area contributed by atoms with Gasteiger partial charge in [-0.25, -0.2) is 4.39 Å². The Kier molecular flexibility index (Phi) is 5.37. The Bertz CT molecular complexity index is 662. The number of benzene rings is 2.